The molecule has 0 bridgehead atoms. The molecule has 25 heavy (non-hydrogen) atoms. The zero-order valence-electron chi connectivity index (χ0n) is 12.9. The molecule has 0 aliphatic rings. The molecular formula is C16H15F3N2O3S. The van der Waals surface area contributed by atoms with Crippen molar-refractivity contribution in [3.63, 3.8) is 0 Å². The average molecular weight is 372 g/mol. The van der Waals surface area contributed by atoms with Crippen molar-refractivity contribution in [3.8, 4) is 0 Å². The summed E-state index contributed by atoms with van der Waals surface area (Å²) in [5.74, 6) is -3.67. The van der Waals surface area contributed by atoms with Crippen molar-refractivity contribution >= 4 is 15.9 Å². The Morgan fingerprint density at radius 2 is 1.64 bits per heavy atom. The molecule has 0 radical (unpaired) electrons. The molecule has 0 unspecified atom stereocenters. The molecule has 0 atom stereocenters. The summed E-state index contributed by atoms with van der Waals surface area (Å²) >= 11 is 0. The van der Waals surface area contributed by atoms with E-state index in [4.69, 9.17) is 0 Å². The molecular weight excluding hydrogens is 357 g/mol. The average Bonchev–Trinajstić information content (AvgIpc) is 2.57. The van der Waals surface area contributed by atoms with E-state index in [0.717, 1.165) is 18.2 Å². The third-order valence-electron chi connectivity index (χ3n) is 3.25. The van der Waals surface area contributed by atoms with Gasteiger partial charge in [0.1, 0.15) is 5.82 Å². The summed E-state index contributed by atoms with van der Waals surface area (Å²) in [4.78, 5) is 11.3. The van der Waals surface area contributed by atoms with Crippen LogP contribution in [-0.2, 0) is 10.0 Å². The van der Waals surface area contributed by atoms with Crippen molar-refractivity contribution in [3.05, 3.63) is 65.5 Å². The second kappa shape index (κ2) is 8.13. The Morgan fingerprint density at radius 3 is 2.32 bits per heavy atom. The van der Waals surface area contributed by atoms with Crippen molar-refractivity contribution in [2.45, 2.75) is 11.3 Å². The number of sulfonamides is 1. The highest BCUT2D eigenvalue weighted by atomic mass is 32.2. The fraction of sp³-hybridized carbons (Fsp3) is 0.188. The van der Waals surface area contributed by atoms with Crippen molar-refractivity contribution in [1.82, 2.24) is 10.0 Å². The second-order valence-corrected chi connectivity index (χ2v) is 6.83. The van der Waals surface area contributed by atoms with Gasteiger partial charge < -0.3 is 5.32 Å². The van der Waals surface area contributed by atoms with E-state index in [9.17, 15) is 26.4 Å². The summed E-state index contributed by atoms with van der Waals surface area (Å²) in [6.45, 7) is 0.0619. The first kappa shape index (κ1) is 18.9. The minimum absolute atomic E-state index is 0.0428. The minimum atomic E-state index is -3.99. The van der Waals surface area contributed by atoms with Gasteiger partial charge in [-0.15, -0.1) is 0 Å². The fourth-order valence-electron chi connectivity index (χ4n) is 1.96. The van der Waals surface area contributed by atoms with Crippen LogP contribution in [0.3, 0.4) is 0 Å². The summed E-state index contributed by atoms with van der Waals surface area (Å²) in [6.07, 6.45) is 0.225. The Kier molecular flexibility index (Phi) is 6.16. The van der Waals surface area contributed by atoms with Gasteiger partial charge in [-0.2, -0.15) is 0 Å². The predicted octanol–water partition coefficient (Wildman–Crippen LogP) is 2.20. The van der Waals surface area contributed by atoms with E-state index in [1.54, 1.807) is 0 Å². The summed E-state index contributed by atoms with van der Waals surface area (Å²) in [7, 11) is -3.99. The largest absolute Gasteiger partial charge is 0.352 e. The number of nitrogens with one attached hydrogen (secondary N) is 2. The lowest BCUT2D eigenvalue weighted by Crippen LogP contribution is -2.30. The zero-order valence-corrected chi connectivity index (χ0v) is 13.7. The number of rotatable bonds is 7. The van der Waals surface area contributed by atoms with Crippen LogP contribution in [0.2, 0.25) is 0 Å². The van der Waals surface area contributed by atoms with Crippen LogP contribution in [-0.4, -0.2) is 27.4 Å². The third kappa shape index (κ3) is 5.04. The maximum atomic E-state index is 13.4. The maximum Gasteiger partial charge on any atom is 0.254 e. The molecule has 2 aromatic rings. The van der Waals surface area contributed by atoms with Gasteiger partial charge in [-0.25, -0.2) is 26.3 Å². The predicted molar refractivity (Wildman–Crippen MR) is 84.9 cm³/mol. The van der Waals surface area contributed by atoms with Crippen LogP contribution in [0.5, 0.6) is 0 Å². The fourth-order valence-corrected chi connectivity index (χ4v) is 3.05. The van der Waals surface area contributed by atoms with Gasteiger partial charge in [-0.1, -0.05) is 12.1 Å². The van der Waals surface area contributed by atoms with Gasteiger partial charge >= 0.3 is 0 Å². The van der Waals surface area contributed by atoms with Crippen LogP contribution < -0.4 is 10.0 Å². The molecule has 0 saturated carbocycles. The van der Waals surface area contributed by atoms with Crippen molar-refractivity contribution in [1.29, 1.82) is 0 Å². The highest BCUT2D eigenvalue weighted by molar-refractivity contribution is 7.89. The molecule has 0 fully saturated rings. The van der Waals surface area contributed by atoms with E-state index in [1.807, 2.05) is 0 Å². The molecule has 0 heterocycles. The van der Waals surface area contributed by atoms with Gasteiger partial charge in [0, 0.05) is 13.1 Å². The van der Waals surface area contributed by atoms with Crippen LogP contribution in [0.15, 0.2) is 47.4 Å². The normalized spacial score (nSPS) is 11.3. The highest BCUT2D eigenvalue weighted by Gasteiger charge is 2.16. The lowest BCUT2D eigenvalue weighted by atomic mass is 10.2. The molecule has 0 saturated heterocycles. The maximum absolute atomic E-state index is 13.4. The first-order valence-corrected chi connectivity index (χ1v) is 8.77. The first-order valence-electron chi connectivity index (χ1n) is 7.29. The molecule has 0 aliphatic heterocycles. The topological polar surface area (TPSA) is 75.3 Å². The Hall–Kier alpha value is -2.39. The number of halogens is 3. The summed E-state index contributed by atoms with van der Waals surface area (Å²) in [5, 5.41) is 2.46. The molecule has 0 aromatic heterocycles. The third-order valence-corrected chi connectivity index (χ3v) is 4.71. The number of amides is 1. The van der Waals surface area contributed by atoms with Crippen LogP contribution in [0.4, 0.5) is 13.2 Å². The van der Waals surface area contributed by atoms with E-state index in [0.29, 0.717) is 6.07 Å². The number of carbonyl (C=O) groups is 1. The number of hydrogen-bond acceptors (Lipinski definition) is 3. The monoisotopic (exact) mass is 372 g/mol. The summed E-state index contributed by atoms with van der Waals surface area (Å²) in [5.41, 5.74) is -0.107. The van der Waals surface area contributed by atoms with E-state index in [2.05, 4.69) is 10.0 Å². The van der Waals surface area contributed by atoms with Gasteiger partial charge in [0.15, 0.2) is 11.6 Å². The van der Waals surface area contributed by atoms with Crippen LogP contribution >= 0.6 is 0 Å². The Bertz CT molecular complexity index is 873. The molecule has 2 rings (SSSR count). The Balaban J connectivity index is 1.81. The summed E-state index contributed by atoms with van der Waals surface area (Å²) < 4.78 is 65.4. The van der Waals surface area contributed by atoms with E-state index in [-0.39, 0.29) is 25.1 Å². The van der Waals surface area contributed by atoms with E-state index >= 15 is 0 Å². The first-order chi connectivity index (χ1) is 11.8. The summed E-state index contributed by atoms with van der Waals surface area (Å²) in [6, 6.07) is 7.71. The Morgan fingerprint density at radius 1 is 0.920 bits per heavy atom. The molecule has 2 N–H and O–H groups in total. The molecule has 5 nitrogen and oxygen atoms in total. The standard InChI is InChI=1S/C16H15F3N2O3S/c17-13-5-2-1-4-12(13)16(22)20-8-3-9-21-25(23,24)11-6-7-14(18)15(19)10-11/h1-2,4-7,10,21H,3,8-9H2,(H,20,22). The van der Waals surface area contributed by atoms with Crippen LogP contribution in [0.25, 0.3) is 0 Å². The SMILES string of the molecule is O=C(NCCCNS(=O)(=O)c1ccc(F)c(F)c1)c1ccccc1F. The lowest BCUT2D eigenvalue weighted by molar-refractivity contribution is 0.0949. The lowest BCUT2D eigenvalue weighted by Gasteiger charge is -2.08. The minimum Gasteiger partial charge on any atom is -0.352 e. The number of benzene rings is 2. The number of hydrogen-bond donors (Lipinski definition) is 2. The van der Waals surface area contributed by atoms with Crippen LogP contribution in [0.1, 0.15) is 16.8 Å². The van der Waals surface area contributed by atoms with Gasteiger partial charge in [0.2, 0.25) is 10.0 Å². The second-order valence-electron chi connectivity index (χ2n) is 5.06. The van der Waals surface area contributed by atoms with Gasteiger partial charge in [-0.05, 0) is 36.8 Å². The van der Waals surface area contributed by atoms with Crippen molar-refractivity contribution in [2.24, 2.45) is 0 Å². The van der Waals surface area contributed by atoms with Crippen molar-refractivity contribution in [2.75, 3.05) is 13.1 Å². The quantitative estimate of drug-likeness (QED) is 0.732. The molecule has 0 spiro atoms. The molecule has 0 aliphatic carbocycles. The van der Waals surface area contributed by atoms with E-state index in [1.165, 1.54) is 18.2 Å². The van der Waals surface area contributed by atoms with Gasteiger partial charge in [-0.3, -0.25) is 4.79 Å². The van der Waals surface area contributed by atoms with E-state index < -0.39 is 38.3 Å². The highest BCUT2D eigenvalue weighted by Crippen LogP contribution is 2.13. The molecule has 9 heteroatoms. The van der Waals surface area contributed by atoms with Crippen molar-refractivity contribution < 1.29 is 26.4 Å². The zero-order chi connectivity index (χ0) is 18.4. The smallest absolute Gasteiger partial charge is 0.254 e. The molecule has 2 aromatic carbocycles. The molecule has 1 amide bonds. The van der Waals surface area contributed by atoms with Crippen LogP contribution in [0, 0.1) is 17.5 Å². The number of carbonyl (C=O) groups excluding carboxylic acids is 1. The molecule has 134 valence electrons. The Labute approximate surface area is 142 Å². The van der Waals surface area contributed by atoms with Gasteiger partial charge in [0.05, 0.1) is 10.5 Å². The van der Waals surface area contributed by atoms with Gasteiger partial charge in [0.25, 0.3) is 5.91 Å².